The number of halogens is 4. The molecule has 1 aliphatic heterocycles. The van der Waals surface area contributed by atoms with Gasteiger partial charge < -0.3 is 10.6 Å². The van der Waals surface area contributed by atoms with Crippen LogP contribution >= 0.6 is 23.2 Å². The van der Waals surface area contributed by atoms with Crippen molar-refractivity contribution >= 4 is 40.4 Å². The van der Waals surface area contributed by atoms with Crippen LogP contribution < -0.4 is 10.6 Å². The summed E-state index contributed by atoms with van der Waals surface area (Å²) in [7, 11) is 0. The Morgan fingerprint density at radius 3 is 2.59 bits per heavy atom. The molecule has 1 aromatic carbocycles. The SMILES string of the molecule is Fc1cnc(Cl)nc1Nc1ccc2c(c1)NC(c1nc(Cl)ncc1F)CC2. The molecular weight excluding hydrogens is 397 g/mol. The van der Waals surface area contributed by atoms with Crippen LogP contribution in [0.5, 0.6) is 0 Å². The van der Waals surface area contributed by atoms with E-state index in [4.69, 9.17) is 23.2 Å². The minimum atomic E-state index is -0.624. The molecule has 0 fully saturated rings. The van der Waals surface area contributed by atoms with E-state index in [2.05, 4.69) is 30.6 Å². The van der Waals surface area contributed by atoms with E-state index in [1.807, 2.05) is 6.07 Å². The van der Waals surface area contributed by atoms with Gasteiger partial charge in [-0.25, -0.2) is 23.7 Å². The molecular formula is C17H12Cl2F2N6. The van der Waals surface area contributed by atoms with Crippen LogP contribution in [0.2, 0.25) is 10.6 Å². The Labute approximate surface area is 163 Å². The van der Waals surface area contributed by atoms with Gasteiger partial charge in [-0.3, -0.25) is 0 Å². The summed E-state index contributed by atoms with van der Waals surface area (Å²) in [6.07, 6.45) is 3.43. The maximum atomic E-state index is 14.1. The maximum Gasteiger partial charge on any atom is 0.224 e. The van der Waals surface area contributed by atoms with Crippen molar-refractivity contribution in [3.63, 3.8) is 0 Å². The molecule has 3 heterocycles. The molecule has 0 aliphatic carbocycles. The Hall–Kier alpha value is -2.58. The van der Waals surface area contributed by atoms with Gasteiger partial charge in [0.15, 0.2) is 17.5 Å². The smallest absolute Gasteiger partial charge is 0.224 e. The maximum absolute atomic E-state index is 14.1. The van der Waals surface area contributed by atoms with Gasteiger partial charge in [-0.1, -0.05) is 6.07 Å². The monoisotopic (exact) mass is 408 g/mol. The third kappa shape index (κ3) is 3.77. The van der Waals surface area contributed by atoms with Gasteiger partial charge in [-0.2, -0.15) is 4.98 Å². The molecule has 2 N–H and O–H groups in total. The van der Waals surface area contributed by atoms with Gasteiger partial charge in [0.25, 0.3) is 0 Å². The molecule has 0 spiro atoms. The standard InChI is InChI=1S/C17H12Cl2F2N6/c18-16-22-6-10(20)14(26-16)12-4-2-8-1-3-9(5-13(8)25-12)24-15-11(21)7-23-17(19)27-15/h1,3,5-7,12,25H,2,4H2,(H,23,24,27). The molecule has 0 bridgehead atoms. The Morgan fingerprint density at radius 2 is 1.78 bits per heavy atom. The first-order chi connectivity index (χ1) is 13.0. The fraction of sp³-hybridized carbons (Fsp3) is 0.176. The van der Waals surface area contributed by atoms with Crippen LogP contribution in [0.25, 0.3) is 0 Å². The van der Waals surface area contributed by atoms with E-state index in [0.29, 0.717) is 12.1 Å². The van der Waals surface area contributed by atoms with E-state index < -0.39 is 11.6 Å². The number of rotatable bonds is 3. The first-order valence-electron chi connectivity index (χ1n) is 8.02. The second-order valence-corrected chi connectivity index (χ2v) is 6.62. The van der Waals surface area contributed by atoms with Crippen LogP contribution in [0.4, 0.5) is 26.0 Å². The lowest BCUT2D eigenvalue weighted by molar-refractivity contribution is 0.550. The summed E-state index contributed by atoms with van der Waals surface area (Å²) < 4.78 is 27.9. The summed E-state index contributed by atoms with van der Waals surface area (Å²) in [5, 5.41) is 6.05. The molecule has 2 aromatic heterocycles. The van der Waals surface area contributed by atoms with Crippen molar-refractivity contribution in [3.8, 4) is 0 Å². The molecule has 27 heavy (non-hydrogen) atoms. The second-order valence-electron chi connectivity index (χ2n) is 5.94. The fourth-order valence-corrected chi connectivity index (χ4v) is 3.22. The van der Waals surface area contributed by atoms with Crippen LogP contribution in [0.15, 0.2) is 30.6 Å². The average molecular weight is 409 g/mol. The summed E-state index contributed by atoms with van der Waals surface area (Å²) >= 11 is 11.5. The van der Waals surface area contributed by atoms with Crippen molar-refractivity contribution in [1.29, 1.82) is 0 Å². The predicted octanol–water partition coefficient (Wildman–Crippen LogP) is 4.69. The van der Waals surface area contributed by atoms with Crippen LogP contribution in [0, 0.1) is 11.6 Å². The van der Waals surface area contributed by atoms with Crippen molar-refractivity contribution in [2.75, 3.05) is 10.6 Å². The number of nitrogens with one attached hydrogen (secondary N) is 2. The van der Waals surface area contributed by atoms with E-state index in [-0.39, 0.29) is 28.1 Å². The summed E-state index contributed by atoms with van der Waals surface area (Å²) in [5.74, 6) is -1.18. The van der Waals surface area contributed by atoms with Crippen molar-refractivity contribution in [1.82, 2.24) is 19.9 Å². The summed E-state index contributed by atoms with van der Waals surface area (Å²) in [5.41, 5.74) is 2.65. The molecule has 1 atom stereocenters. The third-order valence-electron chi connectivity index (χ3n) is 4.19. The lowest BCUT2D eigenvalue weighted by Gasteiger charge is -2.27. The molecule has 138 valence electrons. The zero-order valence-corrected chi connectivity index (χ0v) is 15.2. The van der Waals surface area contributed by atoms with E-state index in [1.165, 1.54) is 0 Å². The van der Waals surface area contributed by atoms with Gasteiger partial charge in [0.2, 0.25) is 10.6 Å². The molecule has 1 aliphatic rings. The highest BCUT2D eigenvalue weighted by Gasteiger charge is 2.24. The van der Waals surface area contributed by atoms with Gasteiger partial charge in [0.05, 0.1) is 18.4 Å². The zero-order valence-electron chi connectivity index (χ0n) is 13.7. The van der Waals surface area contributed by atoms with Crippen molar-refractivity contribution < 1.29 is 8.78 Å². The molecule has 0 radical (unpaired) electrons. The normalized spacial score (nSPS) is 15.8. The highest BCUT2D eigenvalue weighted by Crippen LogP contribution is 2.35. The molecule has 1 unspecified atom stereocenters. The first-order valence-corrected chi connectivity index (χ1v) is 8.77. The van der Waals surface area contributed by atoms with Gasteiger partial charge in [-0.15, -0.1) is 0 Å². The van der Waals surface area contributed by atoms with Crippen molar-refractivity contribution in [2.24, 2.45) is 0 Å². The minimum Gasteiger partial charge on any atom is -0.376 e. The predicted molar refractivity (Wildman–Crippen MR) is 98.4 cm³/mol. The molecule has 0 amide bonds. The minimum absolute atomic E-state index is 0.00877. The van der Waals surface area contributed by atoms with Crippen molar-refractivity contribution in [3.05, 3.63) is 64.1 Å². The molecule has 0 saturated heterocycles. The van der Waals surface area contributed by atoms with Crippen molar-refractivity contribution in [2.45, 2.75) is 18.9 Å². The fourth-order valence-electron chi connectivity index (χ4n) is 2.94. The van der Waals surface area contributed by atoms with Crippen LogP contribution in [-0.2, 0) is 6.42 Å². The number of aromatic nitrogens is 4. The van der Waals surface area contributed by atoms with Crippen LogP contribution in [-0.4, -0.2) is 19.9 Å². The number of hydrogen-bond donors (Lipinski definition) is 2. The number of anilines is 3. The topological polar surface area (TPSA) is 75.6 Å². The Morgan fingerprint density at radius 1 is 1.04 bits per heavy atom. The highest BCUT2D eigenvalue weighted by molar-refractivity contribution is 6.28. The van der Waals surface area contributed by atoms with E-state index in [1.54, 1.807) is 12.1 Å². The Kier molecular flexibility index (Phi) is 4.75. The van der Waals surface area contributed by atoms with Crippen LogP contribution in [0.3, 0.4) is 0 Å². The van der Waals surface area contributed by atoms with Gasteiger partial charge >= 0.3 is 0 Å². The summed E-state index contributed by atoms with van der Waals surface area (Å²) in [4.78, 5) is 15.0. The van der Waals surface area contributed by atoms with E-state index in [0.717, 1.165) is 30.1 Å². The van der Waals surface area contributed by atoms with Gasteiger partial charge in [0.1, 0.15) is 5.69 Å². The summed E-state index contributed by atoms with van der Waals surface area (Å²) in [6, 6.07) is 5.15. The van der Waals surface area contributed by atoms with Gasteiger partial charge in [0, 0.05) is 11.4 Å². The lowest BCUT2D eigenvalue weighted by atomic mass is 9.95. The molecule has 3 aromatic rings. The molecule has 6 nitrogen and oxygen atoms in total. The third-order valence-corrected chi connectivity index (χ3v) is 4.56. The molecule has 10 heteroatoms. The van der Waals surface area contributed by atoms with Crippen LogP contribution in [0.1, 0.15) is 23.7 Å². The highest BCUT2D eigenvalue weighted by atomic mass is 35.5. The van der Waals surface area contributed by atoms with Gasteiger partial charge in [-0.05, 0) is 53.7 Å². The second kappa shape index (κ2) is 7.21. The number of benzene rings is 1. The Balaban J connectivity index is 1.60. The van der Waals surface area contributed by atoms with E-state index in [9.17, 15) is 8.78 Å². The average Bonchev–Trinajstić information content (AvgIpc) is 2.66. The van der Waals surface area contributed by atoms with E-state index >= 15 is 0 Å². The quantitative estimate of drug-likeness (QED) is 0.612. The number of aryl methyl sites for hydroxylation is 1. The number of hydrogen-bond acceptors (Lipinski definition) is 6. The first kappa shape index (κ1) is 17.8. The Bertz CT molecular complexity index is 1020. The summed E-state index contributed by atoms with van der Waals surface area (Å²) in [6.45, 7) is 0. The number of nitrogens with zero attached hydrogens (tertiary/aromatic N) is 4. The lowest BCUT2D eigenvalue weighted by Crippen LogP contribution is -2.20. The molecule has 4 rings (SSSR count). The zero-order chi connectivity index (χ0) is 19.0. The largest absolute Gasteiger partial charge is 0.376 e. The molecule has 0 saturated carbocycles. The number of fused-ring (bicyclic) bond motifs is 1.